The van der Waals surface area contributed by atoms with Gasteiger partial charge < -0.3 is 15.2 Å². The van der Waals surface area contributed by atoms with Crippen molar-refractivity contribution in [3.05, 3.63) is 48.0 Å². The zero-order valence-electron chi connectivity index (χ0n) is 15.4. The molecule has 0 aliphatic heterocycles. The molecule has 0 amide bonds. The molecule has 0 aliphatic carbocycles. The van der Waals surface area contributed by atoms with Crippen LogP contribution in [0, 0.1) is 0 Å². The van der Waals surface area contributed by atoms with E-state index in [4.69, 9.17) is 15.2 Å². The fourth-order valence-electron chi connectivity index (χ4n) is 2.28. The maximum absolute atomic E-state index is 12.4. The minimum atomic E-state index is -3.70. The Morgan fingerprint density at radius 1 is 1.11 bits per heavy atom. The van der Waals surface area contributed by atoms with Crippen LogP contribution in [0.4, 0.5) is 5.69 Å². The summed E-state index contributed by atoms with van der Waals surface area (Å²) in [5, 5.41) is 0.326. The predicted octanol–water partition coefficient (Wildman–Crippen LogP) is 2.53. The molecule has 0 aliphatic rings. The molecule has 0 fully saturated rings. The van der Waals surface area contributed by atoms with Crippen LogP contribution in [-0.4, -0.2) is 40.6 Å². The van der Waals surface area contributed by atoms with Crippen LogP contribution in [0.25, 0.3) is 0 Å². The molecule has 27 heavy (non-hydrogen) atoms. The Balaban J connectivity index is 2.05. The van der Waals surface area contributed by atoms with Crippen molar-refractivity contribution >= 4 is 32.6 Å². The predicted molar refractivity (Wildman–Crippen MR) is 110 cm³/mol. The molecule has 2 aromatic carbocycles. The number of methoxy groups -OCH3 is 2. The molecule has 2 aromatic rings. The fraction of sp³-hybridized carbons (Fsp3) is 0.278. The number of sulfonamides is 1. The zero-order chi connectivity index (χ0) is 19.9. The third-order valence-corrected chi connectivity index (χ3v) is 5.81. The first-order valence-corrected chi connectivity index (χ1v) is 10.8. The Morgan fingerprint density at radius 3 is 2.37 bits per heavy atom. The van der Waals surface area contributed by atoms with Gasteiger partial charge in [0, 0.05) is 12.2 Å². The van der Waals surface area contributed by atoms with Gasteiger partial charge in [0.1, 0.15) is 0 Å². The highest BCUT2D eigenvalue weighted by molar-refractivity contribution is 8.14. The van der Waals surface area contributed by atoms with E-state index >= 15 is 0 Å². The van der Waals surface area contributed by atoms with Crippen molar-refractivity contribution < 1.29 is 17.9 Å². The molecule has 2 rings (SSSR count). The van der Waals surface area contributed by atoms with Gasteiger partial charge in [-0.1, -0.05) is 17.8 Å². The number of benzene rings is 2. The summed E-state index contributed by atoms with van der Waals surface area (Å²) >= 11 is 1.23. The molecule has 146 valence electrons. The zero-order valence-corrected chi connectivity index (χ0v) is 17.1. The molecular weight excluding hydrogens is 386 g/mol. The molecular formula is C18H23N3O4S2. The number of nitrogens with two attached hydrogens (primary N) is 1. The van der Waals surface area contributed by atoms with Crippen LogP contribution in [0.15, 0.2) is 52.4 Å². The lowest BCUT2D eigenvalue weighted by molar-refractivity contribution is 0.354. The number of nitrogens with one attached hydrogen (secondary N) is 1. The number of nitrogen functional groups attached to an aromatic ring is 1. The highest BCUT2D eigenvalue weighted by Crippen LogP contribution is 2.27. The largest absolute Gasteiger partial charge is 0.493 e. The molecule has 0 bridgehead atoms. The lowest BCUT2D eigenvalue weighted by atomic mass is 10.1. The smallest absolute Gasteiger partial charge is 0.263 e. The number of hydrogen-bond acceptors (Lipinski definition) is 7. The van der Waals surface area contributed by atoms with Crippen LogP contribution in [0.2, 0.25) is 0 Å². The van der Waals surface area contributed by atoms with Crippen molar-refractivity contribution in [2.45, 2.75) is 11.3 Å². The van der Waals surface area contributed by atoms with Crippen LogP contribution < -0.4 is 19.9 Å². The second-order valence-corrected chi connectivity index (χ2v) is 7.98. The summed E-state index contributed by atoms with van der Waals surface area (Å²) in [5.74, 6) is 1.30. The molecule has 0 saturated carbocycles. The van der Waals surface area contributed by atoms with Gasteiger partial charge in [-0.2, -0.15) is 0 Å². The Hall–Kier alpha value is -2.39. The highest BCUT2D eigenvalue weighted by Gasteiger charge is 2.15. The van der Waals surface area contributed by atoms with Gasteiger partial charge in [0.25, 0.3) is 10.0 Å². The van der Waals surface area contributed by atoms with Gasteiger partial charge in [-0.05, 0) is 54.6 Å². The van der Waals surface area contributed by atoms with Crippen molar-refractivity contribution in [2.24, 2.45) is 4.99 Å². The van der Waals surface area contributed by atoms with Crippen LogP contribution in [0.3, 0.4) is 0 Å². The van der Waals surface area contributed by atoms with Crippen molar-refractivity contribution in [1.29, 1.82) is 0 Å². The van der Waals surface area contributed by atoms with Crippen LogP contribution in [0.5, 0.6) is 11.5 Å². The van der Waals surface area contributed by atoms with Gasteiger partial charge >= 0.3 is 0 Å². The van der Waals surface area contributed by atoms with E-state index in [0.717, 1.165) is 5.56 Å². The van der Waals surface area contributed by atoms with E-state index in [2.05, 4.69) is 9.71 Å². The maximum Gasteiger partial charge on any atom is 0.263 e. The Kier molecular flexibility index (Phi) is 7.37. The summed E-state index contributed by atoms with van der Waals surface area (Å²) in [6.45, 7) is 0.427. The third kappa shape index (κ3) is 5.80. The summed E-state index contributed by atoms with van der Waals surface area (Å²) in [5.41, 5.74) is 7.11. The van der Waals surface area contributed by atoms with Crippen molar-refractivity contribution in [1.82, 2.24) is 4.72 Å². The average Bonchev–Trinajstić information content (AvgIpc) is 2.67. The minimum absolute atomic E-state index is 0.137. The molecule has 0 unspecified atom stereocenters. The van der Waals surface area contributed by atoms with Crippen LogP contribution in [-0.2, 0) is 16.4 Å². The summed E-state index contributed by atoms with van der Waals surface area (Å²) in [4.78, 5) is 4.49. The Morgan fingerprint density at radius 2 is 1.78 bits per heavy atom. The molecule has 0 spiro atoms. The number of nitrogens with zero attached hydrogens (tertiary/aromatic N) is 1. The van der Waals surface area contributed by atoms with Crippen molar-refractivity contribution in [3.8, 4) is 11.5 Å². The minimum Gasteiger partial charge on any atom is -0.493 e. The molecule has 0 heterocycles. The number of rotatable bonds is 7. The fourth-order valence-corrected chi connectivity index (χ4v) is 4.07. The molecule has 0 radical (unpaired) electrons. The molecule has 9 heteroatoms. The van der Waals surface area contributed by atoms with Gasteiger partial charge in [0.2, 0.25) is 0 Å². The number of hydrogen-bond donors (Lipinski definition) is 2. The molecule has 0 atom stereocenters. The van der Waals surface area contributed by atoms with E-state index in [9.17, 15) is 8.42 Å². The quantitative estimate of drug-likeness (QED) is 0.414. The van der Waals surface area contributed by atoms with Crippen molar-refractivity contribution in [2.75, 3.05) is 32.8 Å². The van der Waals surface area contributed by atoms with Gasteiger partial charge in [0.05, 0.1) is 19.1 Å². The molecule has 0 aromatic heterocycles. The number of ether oxygens (including phenoxy) is 2. The normalized spacial score (nSPS) is 11.9. The standard InChI is InChI=1S/C18H23N3O4S2/c1-24-16-9-4-13(12-17(16)25-2)10-11-20-18(26-3)21-27(22,23)15-7-5-14(19)6-8-15/h4-9,12H,10-11,19H2,1-3H3,(H,20,21). The first kappa shape index (κ1) is 20.9. The van der Waals surface area contributed by atoms with Crippen molar-refractivity contribution in [3.63, 3.8) is 0 Å². The van der Waals surface area contributed by atoms with E-state index in [0.29, 0.717) is 35.3 Å². The van der Waals surface area contributed by atoms with E-state index in [1.165, 1.54) is 23.9 Å². The third-order valence-electron chi connectivity index (χ3n) is 3.71. The summed E-state index contributed by atoms with van der Waals surface area (Å²) in [7, 11) is -0.533. The van der Waals surface area contributed by atoms with E-state index in [1.54, 1.807) is 32.6 Å². The van der Waals surface area contributed by atoms with Gasteiger partial charge in [-0.15, -0.1) is 0 Å². The summed E-state index contributed by atoms with van der Waals surface area (Å²) < 4.78 is 37.9. The molecule has 3 N–H and O–H groups in total. The topological polar surface area (TPSA) is 103 Å². The average molecular weight is 410 g/mol. The first-order chi connectivity index (χ1) is 12.9. The second kappa shape index (κ2) is 9.52. The van der Waals surface area contributed by atoms with Gasteiger partial charge in [0.15, 0.2) is 16.7 Å². The Bertz CT molecular complexity index is 897. The van der Waals surface area contributed by atoms with E-state index < -0.39 is 10.0 Å². The second-order valence-electron chi connectivity index (χ2n) is 5.50. The van der Waals surface area contributed by atoms with Gasteiger partial charge in [-0.3, -0.25) is 9.71 Å². The Labute approximate surface area is 164 Å². The molecule has 7 nitrogen and oxygen atoms in total. The lowest BCUT2D eigenvalue weighted by Crippen LogP contribution is -2.28. The summed E-state index contributed by atoms with van der Waals surface area (Å²) in [6.07, 6.45) is 2.40. The van der Waals surface area contributed by atoms with Crippen LogP contribution in [0.1, 0.15) is 5.56 Å². The number of amidine groups is 1. The number of aliphatic imine (C=N–C) groups is 1. The maximum atomic E-state index is 12.4. The number of thioether (sulfide) groups is 1. The first-order valence-electron chi connectivity index (χ1n) is 8.07. The van der Waals surface area contributed by atoms with Gasteiger partial charge in [-0.25, -0.2) is 8.42 Å². The summed E-state index contributed by atoms with van der Waals surface area (Å²) in [6, 6.07) is 11.6. The molecule has 0 saturated heterocycles. The highest BCUT2D eigenvalue weighted by atomic mass is 32.2. The van der Waals surface area contributed by atoms with Crippen LogP contribution >= 0.6 is 11.8 Å². The lowest BCUT2D eigenvalue weighted by Gasteiger charge is -2.10. The van der Waals surface area contributed by atoms with E-state index in [1.807, 2.05) is 18.2 Å². The van der Waals surface area contributed by atoms with E-state index in [-0.39, 0.29) is 4.90 Å². The monoisotopic (exact) mass is 409 g/mol. The number of anilines is 1. The SMILES string of the molecule is COc1ccc(CCN=C(NS(=O)(=O)c2ccc(N)cc2)SC)cc1OC.